The minimum atomic E-state index is -0.535. The van der Waals surface area contributed by atoms with Crippen molar-refractivity contribution in [3.05, 3.63) is 85.2 Å². The Morgan fingerprint density at radius 1 is 0.950 bits per heavy atom. The SMILES string of the molecule is CC(C)C(NC=O)C(=O)N1CCC[C@H]1c1ncc(-c2ccc3cc(-c4ccc(-c5cnc[nH]5)cc4)ccc3c2)[nH]1. The number of H-pyrrole nitrogens is 2. The number of likely N-dealkylation sites (tertiary alicyclic amines) is 1. The minimum absolute atomic E-state index is 0.00516. The van der Waals surface area contributed by atoms with E-state index in [4.69, 9.17) is 0 Å². The lowest BCUT2D eigenvalue weighted by Gasteiger charge is -2.29. The van der Waals surface area contributed by atoms with Gasteiger partial charge < -0.3 is 20.2 Å². The molecule has 40 heavy (non-hydrogen) atoms. The Balaban J connectivity index is 1.21. The number of rotatable bonds is 8. The van der Waals surface area contributed by atoms with E-state index in [9.17, 15) is 9.59 Å². The van der Waals surface area contributed by atoms with Gasteiger partial charge in [-0.05, 0) is 58.4 Å². The number of fused-ring (bicyclic) bond motifs is 1. The van der Waals surface area contributed by atoms with Crippen LogP contribution in [0.2, 0.25) is 0 Å². The molecule has 3 aromatic carbocycles. The molecular weight excluding hydrogens is 500 g/mol. The van der Waals surface area contributed by atoms with E-state index in [2.05, 4.69) is 85.9 Å². The second kappa shape index (κ2) is 10.8. The molecule has 1 saturated heterocycles. The van der Waals surface area contributed by atoms with E-state index in [-0.39, 0.29) is 17.9 Å². The molecule has 0 spiro atoms. The van der Waals surface area contributed by atoms with Gasteiger partial charge in [0.15, 0.2) is 0 Å². The maximum absolute atomic E-state index is 13.2. The van der Waals surface area contributed by atoms with Crippen LogP contribution in [0.5, 0.6) is 0 Å². The van der Waals surface area contributed by atoms with Gasteiger partial charge in [0, 0.05) is 12.1 Å². The number of amides is 2. The summed E-state index contributed by atoms with van der Waals surface area (Å²) in [5.41, 5.74) is 6.39. The first-order valence-corrected chi connectivity index (χ1v) is 13.7. The fourth-order valence-corrected chi connectivity index (χ4v) is 5.62. The highest BCUT2D eigenvalue weighted by molar-refractivity contribution is 5.90. The number of hydrogen-bond donors (Lipinski definition) is 3. The van der Waals surface area contributed by atoms with Gasteiger partial charge in [-0.1, -0.05) is 62.4 Å². The molecule has 2 aromatic heterocycles. The largest absolute Gasteiger partial charge is 0.347 e. The molecule has 0 aliphatic carbocycles. The third-order valence-corrected chi connectivity index (χ3v) is 7.81. The topological polar surface area (TPSA) is 107 Å². The van der Waals surface area contributed by atoms with Crippen LogP contribution in [-0.4, -0.2) is 49.7 Å². The summed E-state index contributed by atoms with van der Waals surface area (Å²) in [6.45, 7) is 4.54. The van der Waals surface area contributed by atoms with Crippen molar-refractivity contribution in [3.8, 4) is 33.6 Å². The van der Waals surface area contributed by atoms with Gasteiger partial charge in [0.2, 0.25) is 12.3 Å². The van der Waals surface area contributed by atoms with Gasteiger partial charge in [-0.3, -0.25) is 9.59 Å². The van der Waals surface area contributed by atoms with E-state index in [0.29, 0.717) is 13.0 Å². The van der Waals surface area contributed by atoms with Crippen molar-refractivity contribution in [2.45, 2.75) is 38.8 Å². The Bertz CT molecular complexity index is 1640. The second-order valence-corrected chi connectivity index (χ2v) is 10.7. The molecule has 0 radical (unpaired) electrons. The predicted octanol–water partition coefficient (Wildman–Crippen LogP) is 5.72. The average Bonchev–Trinajstić information content (AvgIpc) is 3.77. The molecule has 2 amide bonds. The molecule has 8 heteroatoms. The van der Waals surface area contributed by atoms with Crippen LogP contribution >= 0.6 is 0 Å². The summed E-state index contributed by atoms with van der Waals surface area (Å²) in [7, 11) is 0. The number of hydrogen-bond acceptors (Lipinski definition) is 4. The molecule has 2 atom stereocenters. The molecule has 0 bridgehead atoms. The van der Waals surface area contributed by atoms with Crippen LogP contribution in [0.25, 0.3) is 44.4 Å². The lowest BCUT2D eigenvalue weighted by atomic mass is 9.98. The summed E-state index contributed by atoms with van der Waals surface area (Å²) in [5.74, 6) is 0.731. The number of nitrogens with one attached hydrogen (secondary N) is 3. The third-order valence-electron chi connectivity index (χ3n) is 7.81. The van der Waals surface area contributed by atoms with Crippen LogP contribution in [0.3, 0.4) is 0 Å². The Kier molecular flexibility index (Phi) is 6.90. The van der Waals surface area contributed by atoms with Gasteiger partial charge in [-0.25, -0.2) is 9.97 Å². The lowest BCUT2D eigenvalue weighted by Crippen LogP contribution is -2.48. The van der Waals surface area contributed by atoms with E-state index < -0.39 is 6.04 Å². The Hall–Kier alpha value is -4.72. The Labute approximate surface area is 232 Å². The summed E-state index contributed by atoms with van der Waals surface area (Å²) in [6.07, 6.45) is 7.71. The maximum Gasteiger partial charge on any atom is 0.246 e. The van der Waals surface area contributed by atoms with Crippen molar-refractivity contribution in [1.29, 1.82) is 0 Å². The van der Waals surface area contributed by atoms with Crippen LogP contribution in [0.15, 0.2) is 79.4 Å². The molecule has 6 rings (SSSR count). The highest BCUT2D eigenvalue weighted by Gasteiger charge is 2.36. The second-order valence-electron chi connectivity index (χ2n) is 10.7. The summed E-state index contributed by atoms with van der Waals surface area (Å²) >= 11 is 0. The van der Waals surface area contributed by atoms with Gasteiger partial charge in [0.1, 0.15) is 11.9 Å². The number of carbonyl (C=O) groups is 2. The highest BCUT2D eigenvalue weighted by Crippen LogP contribution is 2.34. The van der Waals surface area contributed by atoms with Crippen molar-refractivity contribution in [2.75, 3.05) is 6.54 Å². The smallest absolute Gasteiger partial charge is 0.246 e. The summed E-state index contributed by atoms with van der Waals surface area (Å²) in [5, 5.41) is 5.00. The monoisotopic (exact) mass is 532 g/mol. The molecule has 1 aliphatic rings. The third kappa shape index (κ3) is 4.88. The van der Waals surface area contributed by atoms with Gasteiger partial charge >= 0.3 is 0 Å². The Morgan fingerprint density at radius 3 is 2.35 bits per heavy atom. The summed E-state index contributed by atoms with van der Waals surface area (Å²) in [6, 6.07) is 20.7. The van der Waals surface area contributed by atoms with Crippen molar-refractivity contribution in [3.63, 3.8) is 0 Å². The van der Waals surface area contributed by atoms with E-state index in [1.807, 2.05) is 31.1 Å². The predicted molar refractivity (Wildman–Crippen MR) is 156 cm³/mol. The molecule has 0 saturated carbocycles. The van der Waals surface area contributed by atoms with E-state index in [1.165, 1.54) is 0 Å². The molecule has 1 fully saturated rings. The average molecular weight is 533 g/mol. The quantitative estimate of drug-likeness (QED) is 0.222. The van der Waals surface area contributed by atoms with Crippen molar-refractivity contribution in [2.24, 2.45) is 5.92 Å². The van der Waals surface area contributed by atoms with Gasteiger partial charge in [0.25, 0.3) is 0 Å². The fraction of sp³-hybridized carbons (Fsp3) is 0.250. The molecular formula is C32H32N6O2. The highest BCUT2D eigenvalue weighted by atomic mass is 16.2. The van der Waals surface area contributed by atoms with Crippen LogP contribution < -0.4 is 5.32 Å². The molecule has 5 aromatic rings. The number of imidazole rings is 2. The van der Waals surface area contributed by atoms with Gasteiger partial charge in [-0.15, -0.1) is 0 Å². The van der Waals surface area contributed by atoms with Gasteiger partial charge in [0.05, 0.1) is 36.2 Å². The van der Waals surface area contributed by atoms with Crippen molar-refractivity contribution in [1.82, 2.24) is 30.2 Å². The van der Waals surface area contributed by atoms with Crippen molar-refractivity contribution < 1.29 is 9.59 Å². The number of aromatic nitrogens is 4. The summed E-state index contributed by atoms with van der Waals surface area (Å²) in [4.78, 5) is 41.6. The number of carbonyl (C=O) groups excluding carboxylic acids is 2. The normalized spacial score (nSPS) is 16.0. The van der Waals surface area contributed by atoms with Crippen molar-refractivity contribution >= 4 is 23.1 Å². The molecule has 3 heterocycles. The zero-order chi connectivity index (χ0) is 27.6. The van der Waals surface area contributed by atoms with E-state index >= 15 is 0 Å². The summed E-state index contributed by atoms with van der Waals surface area (Å²) < 4.78 is 0. The van der Waals surface area contributed by atoms with Crippen LogP contribution in [0.4, 0.5) is 0 Å². The molecule has 3 N–H and O–H groups in total. The lowest BCUT2D eigenvalue weighted by molar-refractivity contribution is -0.137. The Morgan fingerprint density at radius 2 is 1.65 bits per heavy atom. The molecule has 202 valence electrons. The first-order chi connectivity index (χ1) is 19.5. The van der Waals surface area contributed by atoms with Crippen LogP contribution in [0.1, 0.15) is 38.6 Å². The number of nitrogens with zero attached hydrogens (tertiary/aromatic N) is 3. The first-order valence-electron chi connectivity index (χ1n) is 13.7. The molecule has 8 nitrogen and oxygen atoms in total. The number of aromatic amines is 2. The number of benzene rings is 3. The minimum Gasteiger partial charge on any atom is -0.347 e. The zero-order valence-corrected chi connectivity index (χ0v) is 22.6. The van der Waals surface area contributed by atoms with Crippen LogP contribution in [-0.2, 0) is 9.59 Å². The zero-order valence-electron chi connectivity index (χ0n) is 22.6. The maximum atomic E-state index is 13.2. The molecule has 1 unspecified atom stereocenters. The van der Waals surface area contributed by atoms with Gasteiger partial charge in [-0.2, -0.15) is 0 Å². The standard InChI is InChI=1S/C32H32N6O2/c1-20(2)30(36-19-39)32(40)38-13-3-4-29(38)31-34-17-28(37-31)26-12-11-24-14-23(9-10-25(24)15-26)21-5-7-22(8-6-21)27-16-33-18-35-27/h5-12,14-20,29-30H,3-4,13H2,1-2H3,(H,33,35)(H,34,37)(H,36,39)/t29-,30?/m0/s1. The van der Waals surface area contributed by atoms with Crippen LogP contribution in [0, 0.1) is 5.92 Å². The first kappa shape index (κ1) is 25.6. The van der Waals surface area contributed by atoms with E-state index in [0.717, 1.165) is 63.1 Å². The fourth-order valence-electron chi connectivity index (χ4n) is 5.62. The molecule has 1 aliphatic heterocycles. The van der Waals surface area contributed by atoms with E-state index in [1.54, 1.807) is 6.33 Å².